The Kier molecular flexibility index (Phi) is 6.22. The third-order valence-electron chi connectivity index (χ3n) is 6.23. The average Bonchev–Trinajstić information content (AvgIpc) is 2.88. The molecule has 0 bridgehead atoms. The molecule has 172 valence electrons. The van der Waals surface area contributed by atoms with E-state index in [4.69, 9.17) is 0 Å². The summed E-state index contributed by atoms with van der Waals surface area (Å²) in [6.45, 7) is 0.999. The number of nitrogens with one attached hydrogen (secondary N) is 1. The van der Waals surface area contributed by atoms with Gasteiger partial charge in [0.15, 0.2) is 0 Å². The number of pyridine rings is 1. The zero-order chi connectivity index (χ0) is 23.5. The molecular formula is C27H24FN3O2S. The predicted molar refractivity (Wildman–Crippen MR) is 133 cm³/mol. The van der Waals surface area contributed by atoms with Crippen LogP contribution in [0.2, 0.25) is 0 Å². The Morgan fingerprint density at radius 1 is 1.00 bits per heavy atom. The second-order valence-electron chi connectivity index (χ2n) is 8.45. The van der Waals surface area contributed by atoms with Gasteiger partial charge in [0.25, 0.3) is 5.91 Å². The van der Waals surface area contributed by atoms with E-state index < -0.39 is 5.60 Å². The standard InChI is InChI=1S/C27H24FN3O2S/c28-22-17-20-5-4-14-29-25(20)24(18-22)34-30-23-10-8-19(9-11-23)26(32)31-15-12-27(33,13-16-31)21-6-2-1-3-7-21/h1-11,14,17-18,30,33H,12-13,15-16H2. The van der Waals surface area contributed by atoms with Crippen molar-refractivity contribution in [3.63, 3.8) is 0 Å². The average molecular weight is 474 g/mol. The van der Waals surface area contributed by atoms with E-state index in [2.05, 4.69) is 9.71 Å². The number of benzene rings is 3. The van der Waals surface area contributed by atoms with E-state index in [1.807, 2.05) is 48.5 Å². The number of aliphatic hydroxyl groups is 1. The maximum atomic E-state index is 14.0. The first-order valence-electron chi connectivity index (χ1n) is 11.2. The highest BCUT2D eigenvalue weighted by Gasteiger charge is 2.35. The summed E-state index contributed by atoms with van der Waals surface area (Å²) in [5, 5.41) is 11.8. The number of carbonyl (C=O) groups excluding carboxylic acids is 1. The highest BCUT2D eigenvalue weighted by Crippen LogP contribution is 2.33. The quantitative estimate of drug-likeness (QED) is 0.369. The van der Waals surface area contributed by atoms with Gasteiger partial charge in [-0.15, -0.1) is 0 Å². The first kappa shape index (κ1) is 22.4. The van der Waals surface area contributed by atoms with Crippen LogP contribution in [-0.4, -0.2) is 34.0 Å². The van der Waals surface area contributed by atoms with Crippen LogP contribution in [0.3, 0.4) is 0 Å². The Hall–Kier alpha value is -3.42. The van der Waals surface area contributed by atoms with Crippen molar-refractivity contribution in [2.45, 2.75) is 23.3 Å². The van der Waals surface area contributed by atoms with E-state index in [9.17, 15) is 14.3 Å². The lowest BCUT2D eigenvalue weighted by Gasteiger charge is -2.38. The number of aromatic nitrogens is 1. The second kappa shape index (κ2) is 9.44. The number of rotatable bonds is 5. The Balaban J connectivity index is 1.22. The van der Waals surface area contributed by atoms with Crippen molar-refractivity contribution in [3.8, 4) is 0 Å². The molecule has 2 heterocycles. The number of piperidine rings is 1. The predicted octanol–water partition coefficient (Wildman–Crippen LogP) is 5.62. The van der Waals surface area contributed by atoms with Crippen LogP contribution in [0, 0.1) is 5.82 Å². The van der Waals surface area contributed by atoms with Gasteiger partial charge in [-0.3, -0.25) is 9.78 Å². The van der Waals surface area contributed by atoms with Crippen LogP contribution in [0.5, 0.6) is 0 Å². The SMILES string of the molecule is O=C(c1ccc(NSc2cc(F)cc3cccnc23)cc1)N1CCC(O)(c2ccccc2)CC1. The molecule has 0 atom stereocenters. The number of fused-ring (bicyclic) bond motifs is 1. The lowest BCUT2D eigenvalue weighted by molar-refractivity contribution is -0.0211. The molecule has 7 heteroatoms. The van der Waals surface area contributed by atoms with E-state index in [1.165, 1.54) is 24.1 Å². The third-order valence-corrected chi connectivity index (χ3v) is 7.10. The number of amides is 1. The van der Waals surface area contributed by atoms with E-state index in [0.29, 0.717) is 36.4 Å². The molecule has 1 aromatic heterocycles. The van der Waals surface area contributed by atoms with Gasteiger partial charge in [-0.25, -0.2) is 4.39 Å². The van der Waals surface area contributed by atoms with Gasteiger partial charge in [0.05, 0.1) is 16.0 Å². The number of hydrogen-bond acceptors (Lipinski definition) is 5. The monoisotopic (exact) mass is 473 g/mol. The molecule has 0 unspecified atom stereocenters. The van der Waals surface area contributed by atoms with Crippen molar-refractivity contribution < 1.29 is 14.3 Å². The van der Waals surface area contributed by atoms with Crippen LogP contribution in [0.1, 0.15) is 28.8 Å². The molecule has 1 aliphatic rings. The summed E-state index contributed by atoms with van der Waals surface area (Å²) < 4.78 is 17.2. The van der Waals surface area contributed by atoms with Crippen LogP contribution in [-0.2, 0) is 5.60 Å². The topological polar surface area (TPSA) is 65.5 Å². The van der Waals surface area contributed by atoms with Crippen molar-refractivity contribution >= 4 is 34.4 Å². The lowest BCUT2D eigenvalue weighted by atomic mass is 9.84. The first-order chi connectivity index (χ1) is 16.5. The molecule has 1 saturated heterocycles. The van der Waals surface area contributed by atoms with Crippen LogP contribution in [0.4, 0.5) is 10.1 Å². The Morgan fingerprint density at radius 3 is 2.47 bits per heavy atom. The molecular weight excluding hydrogens is 449 g/mol. The van der Waals surface area contributed by atoms with Crippen LogP contribution < -0.4 is 4.72 Å². The molecule has 0 radical (unpaired) electrons. The normalized spacial score (nSPS) is 15.3. The second-order valence-corrected chi connectivity index (χ2v) is 9.30. The molecule has 34 heavy (non-hydrogen) atoms. The minimum absolute atomic E-state index is 0.0466. The smallest absolute Gasteiger partial charge is 0.253 e. The van der Waals surface area contributed by atoms with Crippen LogP contribution in [0.15, 0.2) is 90.0 Å². The molecule has 5 nitrogen and oxygen atoms in total. The van der Waals surface area contributed by atoms with Crippen LogP contribution in [0.25, 0.3) is 10.9 Å². The highest BCUT2D eigenvalue weighted by molar-refractivity contribution is 8.00. The van der Waals surface area contributed by atoms with E-state index in [0.717, 1.165) is 22.2 Å². The minimum atomic E-state index is -0.890. The first-order valence-corrected chi connectivity index (χ1v) is 12.0. The Labute approximate surface area is 201 Å². The fourth-order valence-electron chi connectivity index (χ4n) is 4.30. The molecule has 0 aliphatic carbocycles. The van der Waals surface area contributed by atoms with Gasteiger partial charge >= 0.3 is 0 Å². The zero-order valence-electron chi connectivity index (χ0n) is 18.4. The number of likely N-dealkylation sites (tertiary alicyclic amines) is 1. The van der Waals surface area contributed by atoms with Crippen molar-refractivity contribution in [2.24, 2.45) is 0 Å². The number of nitrogens with zero attached hydrogens (tertiary/aromatic N) is 2. The summed E-state index contributed by atoms with van der Waals surface area (Å²) in [6, 6.07) is 23.4. The molecule has 0 saturated carbocycles. The van der Waals surface area contributed by atoms with Gasteiger partial charge in [0.1, 0.15) is 5.82 Å². The summed E-state index contributed by atoms with van der Waals surface area (Å²) in [7, 11) is 0. The maximum absolute atomic E-state index is 14.0. The summed E-state index contributed by atoms with van der Waals surface area (Å²) in [5.74, 6) is -0.360. The molecule has 2 N–H and O–H groups in total. The number of anilines is 1. The molecule has 1 fully saturated rings. The van der Waals surface area contributed by atoms with E-state index >= 15 is 0 Å². The summed E-state index contributed by atoms with van der Waals surface area (Å²) in [5.41, 5.74) is 2.13. The number of halogens is 1. The zero-order valence-corrected chi connectivity index (χ0v) is 19.3. The fourth-order valence-corrected chi connectivity index (χ4v) is 5.10. The van der Waals surface area contributed by atoms with Gasteiger partial charge in [-0.05, 0) is 72.8 Å². The molecule has 1 aliphatic heterocycles. The van der Waals surface area contributed by atoms with Crippen molar-refractivity contribution in [2.75, 3.05) is 17.8 Å². The van der Waals surface area contributed by atoms with Gasteiger partial charge in [0.2, 0.25) is 0 Å². The molecule has 5 rings (SSSR count). The Bertz CT molecular complexity index is 1310. The van der Waals surface area contributed by atoms with Gasteiger partial charge in [-0.1, -0.05) is 36.4 Å². The summed E-state index contributed by atoms with van der Waals surface area (Å²) >= 11 is 1.28. The fraction of sp³-hybridized carbons (Fsp3) is 0.185. The molecule has 4 aromatic rings. The minimum Gasteiger partial charge on any atom is -0.385 e. The molecule has 3 aromatic carbocycles. The third kappa shape index (κ3) is 4.62. The molecule has 1 amide bonds. The van der Waals surface area contributed by atoms with Gasteiger partial charge < -0.3 is 14.7 Å². The highest BCUT2D eigenvalue weighted by atomic mass is 32.2. The van der Waals surface area contributed by atoms with E-state index in [1.54, 1.807) is 29.3 Å². The van der Waals surface area contributed by atoms with Crippen LogP contribution >= 0.6 is 11.9 Å². The van der Waals surface area contributed by atoms with Crippen molar-refractivity contribution in [1.29, 1.82) is 0 Å². The maximum Gasteiger partial charge on any atom is 0.253 e. The molecule has 0 spiro atoms. The Morgan fingerprint density at radius 2 is 1.74 bits per heavy atom. The summed E-state index contributed by atoms with van der Waals surface area (Å²) in [4.78, 5) is 19.8. The largest absolute Gasteiger partial charge is 0.385 e. The van der Waals surface area contributed by atoms with Crippen molar-refractivity contribution in [1.82, 2.24) is 9.88 Å². The van der Waals surface area contributed by atoms with Gasteiger partial charge in [0, 0.05) is 35.9 Å². The number of hydrogen-bond donors (Lipinski definition) is 2. The van der Waals surface area contributed by atoms with Crippen molar-refractivity contribution in [3.05, 3.63) is 102 Å². The number of carbonyl (C=O) groups is 1. The van der Waals surface area contributed by atoms with E-state index in [-0.39, 0.29) is 11.7 Å². The lowest BCUT2D eigenvalue weighted by Crippen LogP contribution is -2.45. The summed E-state index contributed by atoms with van der Waals surface area (Å²) in [6.07, 6.45) is 2.70. The van der Waals surface area contributed by atoms with Gasteiger partial charge in [-0.2, -0.15) is 0 Å².